The highest BCUT2D eigenvalue weighted by molar-refractivity contribution is 6.30. The van der Waals surface area contributed by atoms with Crippen LogP contribution in [0.5, 0.6) is 5.75 Å². The van der Waals surface area contributed by atoms with Gasteiger partial charge in [-0.2, -0.15) is 18.2 Å². The van der Waals surface area contributed by atoms with E-state index in [9.17, 15) is 17.6 Å². The number of hydrogen-bond donors (Lipinski definition) is 0. The maximum Gasteiger partial charge on any atom is 0.471 e. The zero-order chi connectivity index (χ0) is 18.0. The number of rotatable bonds is 4. The lowest BCUT2D eigenvalue weighted by atomic mass is 10.1. The van der Waals surface area contributed by atoms with Gasteiger partial charge in [0.15, 0.2) is 0 Å². The number of alkyl halides is 3. The Hall–Kier alpha value is -2.68. The van der Waals surface area contributed by atoms with Gasteiger partial charge in [-0.15, -0.1) is 0 Å². The van der Waals surface area contributed by atoms with Crippen molar-refractivity contribution in [2.45, 2.75) is 12.8 Å². The fraction of sp³-hybridized carbons (Fsp3) is 0.133. The van der Waals surface area contributed by atoms with Gasteiger partial charge >= 0.3 is 12.1 Å². The van der Waals surface area contributed by atoms with Crippen LogP contribution in [0.2, 0.25) is 5.02 Å². The Labute approximate surface area is 143 Å². The van der Waals surface area contributed by atoms with Crippen molar-refractivity contribution in [2.24, 2.45) is 0 Å². The first kappa shape index (κ1) is 17.2. The molecule has 2 aromatic heterocycles. The Bertz CT molecular complexity index is 898. The lowest BCUT2D eigenvalue weighted by Crippen LogP contribution is -2.05. The van der Waals surface area contributed by atoms with E-state index in [4.69, 9.17) is 16.3 Å². The summed E-state index contributed by atoms with van der Waals surface area (Å²) in [5.74, 6) is -2.44. The zero-order valence-corrected chi connectivity index (χ0v) is 13.0. The van der Waals surface area contributed by atoms with Gasteiger partial charge in [-0.25, -0.2) is 4.39 Å². The van der Waals surface area contributed by atoms with Crippen molar-refractivity contribution in [3.63, 3.8) is 0 Å². The number of ether oxygens (including phenoxy) is 1. The average Bonchev–Trinajstić information content (AvgIpc) is 3.03. The number of aromatic nitrogens is 3. The summed E-state index contributed by atoms with van der Waals surface area (Å²) < 4.78 is 61.0. The van der Waals surface area contributed by atoms with Gasteiger partial charge < -0.3 is 9.26 Å². The van der Waals surface area contributed by atoms with Crippen LogP contribution in [-0.4, -0.2) is 15.1 Å². The van der Waals surface area contributed by atoms with Crippen LogP contribution in [0, 0.1) is 5.82 Å². The lowest BCUT2D eigenvalue weighted by Gasteiger charge is -2.07. The van der Waals surface area contributed by atoms with E-state index < -0.39 is 23.7 Å². The molecule has 0 saturated carbocycles. The first-order valence-electron chi connectivity index (χ1n) is 6.76. The van der Waals surface area contributed by atoms with Crippen LogP contribution in [-0.2, 0) is 12.8 Å². The third-order valence-electron chi connectivity index (χ3n) is 3.03. The van der Waals surface area contributed by atoms with Crippen LogP contribution >= 0.6 is 11.6 Å². The van der Waals surface area contributed by atoms with Gasteiger partial charge in [0.25, 0.3) is 0 Å². The Morgan fingerprint density at radius 2 is 1.96 bits per heavy atom. The van der Waals surface area contributed by atoms with Gasteiger partial charge in [0.05, 0.1) is 16.8 Å². The standard InChI is InChI=1S/C15H8ClF4N3O2/c16-9-4-10(6-21-5-9)24-7-8-1-2-11(12(17)3-8)13-22-14(25-23-13)15(18,19)20/h1-6H,7H2. The minimum Gasteiger partial charge on any atom is -0.487 e. The van der Waals surface area contributed by atoms with Crippen molar-refractivity contribution >= 4 is 11.6 Å². The topological polar surface area (TPSA) is 61.0 Å². The maximum atomic E-state index is 14.1. The van der Waals surface area contributed by atoms with Crippen molar-refractivity contribution in [2.75, 3.05) is 0 Å². The van der Waals surface area contributed by atoms with Gasteiger partial charge in [0.1, 0.15) is 18.2 Å². The molecular weight excluding hydrogens is 366 g/mol. The molecule has 0 bridgehead atoms. The second-order valence-corrected chi connectivity index (χ2v) is 5.30. The van der Waals surface area contributed by atoms with E-state index in [0.717, 1.165) is 6.07 Å². The van der Waals surface area contributed by atoms with Gasteiger partial charge in [-0.3, -0.25) is 4.98 Å². The van der Waals surface area contributed by atoms with Crippen LogP contribution in [0.15, 0.2) is 41.2 Å². The lowest BCUT2D eigenvalue weighted by molar-refractivity contribution is -0.159. The van der Waals surface area contributed by atoms with Gasteiger partial charge in [-0.05, 0) is 17.7 Å². The molecule has 0 spiro atoms. The molecule has 2 heterocycles. The molecule has 0 aliphatic carbocycles. The van der Waals surface area contributed by atoms with E-state index in [1.165, 1.54) is 30.6 Å². The maximum absolute atomic E-state index is 14.1. The van der Waals surface area contributed by atoms with E-state index in [0.29, 0.717) is 16.3 Å². The number of benzene rings is 1. The van der Waals surface area contributed by atoms with Crippen LogP contribution < -0.4 is 4.74 Å². The van der Waals surface area contributed by atoms with Crippen LogP contribution in [0.25, 0.3) is 11.4 Å². The van der Waals surface area contributed by atoms with Crippen molar-refractivity contribution in [1.82, 2.24) is 15.1 Å². The molecule has 0 atom stereocenters. The highest BCUT2D eigenvalue weighted by Crippen LogP contribution is 2.30. The summed E-state index contributed by atoms with van der Waals surface area (Å²) in [5, 5.41) is 3.53. The third-order valence-corrected chi connectivity index (χ3v) is 3.23. The minimum atomic E-state index is -4.79. The summed E-state index contributed by atoms with van der Waals surface area (Å²) in [6, 6.07) is 5.36. The van der Waals surface area contributed by atoms with Gasteiger partial charge in [0.2, 0.25) is 5.82 Å². The number of nitrogens with zero attached hydrogens (tertiary/aromatic N) is 3. The molecule has 0 fully saturated rings. The van der Waals surface area contributed by atoms with Crippen molar-refractivity contribution in [3.05, 3.63) is 59.0 Å². The number of hydrogen-bond acceptors (Lipinski definition) is 5. The quantitative estimate of drug-likeness (QED) is 0.629. The molecule has 0 saturated heterocycles. The zero-order valence-electron chi connectivity index (χ0n) is 12.2. The molecule has 10 heteroatoms. The molecule has 0 amide bonds. The molecule has 0 aliphatic rings. The Morgan fingerprint density at radius 1 is 1.16 bits per heavy atom. The largest absolute Gasteiger partial charge is 0.487 e. The minimum absolute atomic E-state index is 0.0132. The van der Waals surface area contributed by atoms with Crippen molar-refractivity contribution in [1.29, 1.82) is 0 Å². The molecule has 0 aliphatic heterocycles. The fourth-order valence-electron chi connectivity index (χ4n) is 1.92. The van der Waals surface area contributed by atoms with E-state index >= 15 is 0 Å². The van der Waals surface area contributed by atoms with E-state index in [1.807, 2.05) is 0 Å². The molecule has 1 aromatic carbocycles. The molecular formula is C15H8ClF4N3O2. The molecule has 25 heavy (non-hydrogen) atoms. The van der Waals surface area contributed by atoms with E-state index in [1.54, 1.807) is 0 Å². The van der Waals surface area contributed by atoms with E-state index in [-0.39, 0.29) is 12.2 Å². The predicted octanol–water partition coefficient (Wildman–Crippen LogP) is 4.52. The smallest absolute Gasteiger partial charge is 0.471 e. The summed E-state index contributed by atoms with van der Waals surface area (Å²) in [5.41, 5.74) is 0.230. The van der Waals surface area contributed by atoms with Gasteiger partial charge in [0, 0.05) is 12.3 Å². The summed E-state index contributed by atoms with van der Waals surface area (Å²) in [6.07, 6.45) is -1.92. The van der Waals surface area contributed by atoms with Crippen LogP contribution in [0.4, 0.5) is 17.6 Å². The molecule has 3 rings (SSSR count). The second kappa shape index (κ2) is 6.67. The Balaban J connectivity index is 1.75. The summed E-state index contributed by atoms with van der Waals surface area (Å²) in [6.45, 7) is 0.0132. The highest BCUT2D eigenvalue weighted by Gasteiger charge is 2.38. The van der Waals surface area contributed by atoms with Crippen molar-refractivity contribution < 1.29 is 26.8 Å². The van der Waals surface area contributed by atoms with Crippen LogP contribution in [0.1, 0.15) is 11.5 Å². The van der Waals surface area contributed by atoms with Crippen molar-refractivity contribution in [3.8, 4) is 17.1 Å². The predicted molar refractivity (Wildman–Crippen MR) is 78.3 cm³/mol. The van der Waals surface area contributed by atoms with Crippen LogP contribution in [0.3, 0.4) is 0 Å². The number of halogens is 5. The molecule has 0 radical (unpaired) electrons. The molecule has 130 valence electrons. The monoisotopic (exact) mass is 373 g/mol. The second-order valence-electron chi connectivity index (χ2n) is 4.86. The molecule has 5 nitrogen and oxygen atoms in total. The highest BCUT2D eigenvalue weighted by atomic mass is 35.5. The summed E-state index contributed by atoms with van der Waals surface area (Å²) in [4.78, 5) is 6.99. The summed E-state index contributed by atoms with van der Waals surface area (Å²) in [7, 11) is 0. The summed E-state index contributed by atoms with van der Waals surface area (Å²) >= 11 is 5.77. The molecule has 0 unspecified atom stereocenters. The first-order valence-corrected chi connectivity index (χ1v) is 7.14. The molecule has 3 aromatic rings. The fourth-order valence-corrected chi connectivity index (χ4v) is 2.08. The Morgan fingerprint density at radius 3 is 2.60 bits per heavy atom. The van der Waals surface area contributed by atoms with E-state index in [2.05, 4.69) is 19.6 Å². The average molecular weight is 374 g/mol. The SMILES string of the molecule is Fc1cc(COc2cncc(Cl)c2)ccc1-c1noc(C(F)(F)F)n1. The first-order chi connectivity index (χ1) is 11.8. The molecule has 0 N–H and O–H groups in total. The third kappa shape index (κ3) is 4.05. The Kier molecular flexibility index (Phi) is 4.58. The van der Waals surface area contributed by atoms with Gasteiger partial charge in [-0.1, -0.05) is 22.8 Å². The normalized spacial score (nSPS) is 11.6. The number of pyridine rings is 1.